The summed E-state index contributed by atoms with van der Waals surface area (Å²) in [6, 6.07) is 8.28. The number of rotatable bonds is 4. The van der Waals surface area contributed by atoms with Crippen LogP contribution in [-0.4, -0.2) is 18.1 Å². The molecule has 4 nitrogen and oxygen atoms in total. The molecule has 0 bridgehead atoms. The van der Waals surface area contributed by atoms with Gasteiger partial charge in [0.15, 0.2) is 0 Å². The second-order valence-electron chi connectivity index (χ2n) is 3.48. The lowest BCUT2D eigenvalue weighted by molar-refractivity contribution is -0.146. The van der Waals surface area contributed by atoms with Crippen LogP contribution in [-0.2, 0) is 16.1 Å². The van der Waals surface area contributed by atoms with Crippen molar-refractivity contribution in [1.82, 2.24) is 0 Å². The molecule has 1 aromatic rings. The molecule has 0 saturated heterocycles. The normalized spacial score (nSPS) is 14.3. The van der Waals surface area contributed by atoms with E-state index in [-0.39, 0.29) is 6.61 Å². The summed E-state index contributed by atoms with van der Waals surface area (Å²) in [7, 11) is 0. The number of carbonyl (C=O) groups is 1. The van der Waals surface area contributed by atoms with Crippen LogP contribution >= 0.6 is 0 Å². The maximum absolute atomic E-state index is 11.3. The Kier molecular flexibility index (Phi) is 4.27. The lowest BCUT2D eigenvalue weighted by Gasteiger charge is -2.14. The average Bonchev–Trinajstić information content (AvgIpc) is 2.26. The Morgan fingerprint density at radius 2 is 1.93 bits per heavy atom. The number of carbonyl (C=O) groups excluding carboxylic acids is 1. The van der Waals surface area contributed by atoms with E-state index in [1.54, 1.807) is 6.92 Å². The molecule has 0 aliphatic carbocycles. The third-order valence-electron chi connectivity index (χ3n) is 2.06. The highest BCUT2D eigenvalue weighted by molar-refractivity contribution is 5.76. The van der Waals surface area contributed by atoms with Gasteiger partial charge in [0.25, 0.3) is 0 Å². The molecule has 82 valence electrons. The Bertz CT molecular complexity index is 312. The van der Waals surface area contributed by atoms with Crippen molar-refractivity contribution < 1.29 is 9.53 Å². The zero-order chi connectivity index (χ0) is 11.3. The molecular formula is C11H16N2O2. The third kappa shape index (κ3) is 3.69. The van der Waals surface area contributed by atoms with Gasteiger partial charge in [-0.2, -0.15) is 0 Å². The van der Waals surface area contributed by atoms with Gasteiger partial charge in [-0.05, 0) is 12.5 Å². The van der Waals surface area contributed by atoms with Gasteiger partial charge in [0.1, 0.15) is 12.6 Å². The van der Waals surface area contributed by atoms with Crippen molar-refractivity contribution in [2.45, 2.75) is 25.6 Å². The molecule has 0 amide bonds. The monoisotopic (exact) mass is 208 g/mol. The Morgan fingerprint density at radius 1 is 1.33 bits per heavy atom. The summed E-state index contributed by atoms with van der Waals surface area (Å²) >= 11 is 0. The van der Waals surface area contributed by atoms with Gasteiger partial charge in [-0.3, -0.25) is 4.79 Å². The Morgan fingerprint density at radius 3 is 2.47 bits per heavy atom. The topological polar surface area (TPSA) is 78.3 Å². The van der Waals surface area contributed by atoms with Crippen LogP contribution in [0.1, 0.15) is 12.5 Å². The maximum Gasteiger partial charge on any atom is 0.324 e. The summed E-state index contributed by atoms with van der Waals surface area (Å²) in [6.45, 7) is 1.91. The number of hydrogen-bond donors (Lipinski definition) is 2. The number of nitrogens with two attached hydrogens (primary N) is 2. The van der Waals surface area contributed by atoms with E-state index in [2.05, 4.69) is 0 Å². The van der Waals surface area contributed by atoms with Gasteiger partial charge < -0.3 is 16.2 Å². The van der Waals surface area contributed by atoms with Crippen molar-refractivity contribution in [3.05, 3.63) is 35.9 Å². The second kappa shape index (κ2) is 5.48. The van der Waals surface area contributed by atoms with Gasteiger partial charge in [-0.1, -0.05) is 30.3 Å². The van der Waals surface area contributed by atoms with E-state index < -0.39 is 18.1 Å². The molecule has 15 heavy (non-hydrogen) atoms. The Labute approximate surface area is 89.2 Å². The van der Waals surface area contributed by atoms with Crippen molar-refractivity contribution in [1.29, 1.82) is 0 Å². The smallest absolute Gasteiger partial charge is 0.324 e. The van der Waals surface area contributed by atoms with Gasteiger partial charge in [0.2, 0.25) is 0 Å². The molecule has 0 heterocycles. The first-order valence-corrected chi connectivity index (χ1v) is 4.83. The third-order valence-corrected chi connectivity index (χ3v) is 2.06. The minimum absolute atomic E-state index is 0.236. The van der Waals surface area contributed by atoms with E-state index in [4.69, 9.17) is 16.2 Å². The number of hydrogen-bond acceptors (Lipinski definition) is 4. The molecule has 0 aliphatic heterocycles. The minimum Gasteiger partial charge on any atom is -0.460 e. The number of esters is 1. The van der Waals surface area contributed by atoms with Crippen LogP contribution in [0, 0.1) is 0 Å². The van der Waals surface area contributed by atoms with E-state index >= 15 is 0 Å². The highest BCUT2D eigenvalue weighted by Gasteiger charge is 2.18. The van der Waals surface area contributed by atoms with E-state index in [0.717, 1.165) is 5.56 Å². The van der Waals surface area contributed by atoms with Gasteiger partial charge in [-0.15, -0.1) is 0 Å². The first-order valence-electron chi connectivity index (χ1n) is 4.83. The molecule has 0 radical (unpaired) electrons. The lowest BCUT2D eigenvalue weighted by Crippen LogP contribution is -2.46. The van der Waals surface area contributed by atoms with Crippen molar-refractivity contribution in [3.8, 4) is 0 Å². The molecule has 4 heteroatoms. The van der Waals surface area contributed by atoms with Crippen LogP contribution in [0.15, 0.2) is 30.3 Å². The Balaban J connectivity index is 2.41. The van der Waals surface area contributed by atoms with Crippen molar-refractivity contribution >= 4 is 5.97 Å². The van der Waals surface area contributed by atoms with E-state index in [1.165, 1.54) is 0 Å². The van der Waals surface area contributed by atoms with Crippen LogP contribution in [0.25, 0.3) is 0 Å². The summed E-state index contributed by atoms with van der Waals surface area (Å²) < 4.78 is 5.01. The summed E-state index contributed by atoms with van der Waals surface area (Å²) in [5.74, 6) is -0.464. The van der Waals surface area contributed by atoms with Gasteiger partial charge >= 0.3 is 5.97 Å². The van der Waals surface area contributed by atoms with Crippen molar-refractivity contribution in [2.75, 3.05) is 0 Å². The minimum atomic E-state index is -0.756. The summed E-state index contributed by atoms with van der Waals surface area (Å²) in [4.78, 5) is 11.3. The summed E-state index contributed by atoms with van der Waals surface area (Å²) in [5.41, 5.74) is 11.9. The molecule has 0 fully saturated rings. The van der Waals surface area contributed by atoms with Crippen molar-refractivity contribution in [3.63, 3.8) is 0 Å². The molecule has 4 N–H and O–H groups in total. The van der Waals surface area contributed by atoms with Gasteiger partial charge in [-0.25, -0.2) is 0 Å². The van der Waals surface area contributed by atoms with Crippen LogP contribution in [0.3, 0.4) is 0 Å². The van der Waals surface area contributed by atoms with E-state index in [1.807, 2.05) is 30.3 Å². The summed E-state index contributed by atoms with van der Waals surface area (Å²) in [6.07, 6.45) is 0. The molecular weight excluding hydrogens is 192 g/mol. The van der Waals surface area contributed by atoms with E-state index in [9.17, 15) is 4.79 Å². The fourth-order valence-electron chi connectivity index (χ4n) is 1.04. The first kappa shape index (κ1) is 11.7. The highest BCUT2D eigenvalue weighted by atomic mass is 16.5. The SMILES string of the molecule is C[C@H](N)[C@H](N)C(=O)OCc1ccccc1. The standard InChI is InChI=1S/C11H16N2O2/c1-8(12)10(13)11(14)15-7-9-5-3-2-4-6-9/h2-6,8,10H,7,12-13H2,1H3/t8-,10-/m0/s1. The maximum atomic E-state index is 11.3. The van der Waals surface area contributed by atoms with Gasteiger partial charge in [0, 0.05) is 6.04 Å². The molecule has 0 unspecified atom stereocenters. The summed E-state index contributed by atoms with van der Waals surface area (Å²) in [5, 5.41) is 0. The van der Waals surface area contributed by atoms with Crippen LogP contribution in [0.2, 0.25) is 0 Å². The number of ether oxygens (including phenoxy) is 1. The lowest BCUT2D eigenvalue weighted by atomic mass is 10.2. The average molecular weight is 208 g/mol. The predicted molar refractivity (Wildman–Crippen MR) is 57.9 cm³/mol. The Hall–Kier alpha value is -1.39. The van der Waals surface area contributed by atoms with Crippen LogP contribution in [0.4, 0.5) is 0 Å². The molecule has 1 rings (SSSR count). The first-order chi connectivity index (χ1) is 7.11. The number of benzene rings is 1. The van der Waals surface area contributed by atoms with Crippen LogP contribution in [0.5, 0.6) is 0 Å². The van der Waals surface area contributed by atoms with E-state index in [0.29, 0.717) is 0 Å². The zero-order valence-corrected chi connectivity index (χ0v) is 8.72. The van der Waals surface area contributed by atoms with Crippen molar-refractivity contribution in [2.24, 2.45) is 11.5 Å². The molecule has 0 spiro atoms. The molecule has 0 aliphatic rings. The molecule has 1 aromatic carbocycles. The molecule has 2 atom stereocenters. The van der Waals surface area contributed by atoms with Crippen LogP contribution < -0.4 is 11.5 Å². The highest BCUT2D eigenvalue weighted by Crippen LogP contribution is 2.01. The largest absolute Gasteiger partial charge is 0.460 e. The zero-order valence-electron chi connectivity index (χ0n) is 8.72. The fraction of sp³-hybridized carbons (Fsp3) is 0.364. The quantitative estimate of drug-likeness (QED) is 0.702. The second-order valence-corrected chi connectivity index (χ2v) is 3.48. The van der Waals surface area contributed by atoms with Gasteiger partial charge in [0.05, 0.1) is 0 Å². The molecule has 0 aromatic heterocycles. The predicted octanol–water partition coefficient (Wildman–Crippen LogP) is 0.404. The fourth-order valence-corrected chi connectivity index (χ4v) is 1.04. The molecule has 0 saturated carbocycles.